The zero-order valence-corrected chi connectivity index (χ0v) is 18.2. The SMILES string of the molecule is CP(=NP(=N)(c1ccccc1)c1ccccc1)(c1ccccc1)c1ccccc1. The molecular weight excluding hydrogens is 390 g/mol. The van der Waals surface area contributed by atoms with Gasteiger partial charge < -0.3 is 0 Å². The van der Waals surface area contributed by atoms with Crippen LogP contribution in [-0.4, -0.2) is 6.66 Å². The molecule has 1 N–H and O–H groups in total. The quantitative estimate of drug-likeness (QED) is 0.400. The summed E-state index contributed by atoms with van der Waals surface area (Å²) in [5, 5.41) is 14.1. The van der Waals surface area contributed by atoms with Crippen molar-refractivity contribution in [3.8, 4) is 0 Å². The molecule has 0 spiro atoms. The average Bonchev–Trinajstić information content (AvgIpc) is 2.81. The number of benzene rings is 4. The van der Waals surface area contributed by atoms with Gasteiger partial charge in [0.25, 0.3) is 0 Å². The minimum Gasteiger partial charge on any atom is -0.289 e. The van der Waals surface area contributed by atoms with Crippen molar-refractivity contribution in [3.05, 3.63) is 121 Å². The van der Waals surface area contributed by atoms with Crippen molar-refractivity contribution in [1.82, 2.24) is 0 Å². The second-order valence-corrected chi connectivity index (χ2v) is 13.0. The van der Waals surface area contributed by atoms with Crippen LogP contribution in [0.5, 0.6) is 0 Å². The van der Waals surface area contributed by atoms with Crippen LogP contribution >= 0.6 is 14.3 Å². The molecule has 0 amide bonds. The fourth-order valence-electron chi connectivity index (χ4n) is 3.50. The largest absolute Gasteiger partial charge is 0.289 e. The maximum atomic E-state index is 9.73. The van der Waals surface area contributed by atoms with Gasteiger partial charge in [0.15, 0.2) is 0 Å². The Labute approximate surface area is 173 Å². The van der Waals surface area contributed by atoms with Gasteiger partial charge in [-0.15, -0.1) is 0 Å². The van der Waals surface area contributed by atoms with E-state index in [4.69, 9.17) is 4.52 Å². The fourth-order valence-corrected chi connectivity index (χ4v) is 10.6. The van der Waals surface area contributed by atoms with Crippen LogP contribution in [0, 0.1) is 5.16 Å². The van der Waals surface area contributed by atoms with E-state index >= 15 is 0 Å². The van der Waals surface area contributed by atoms with Gasteiger partial charge in [0.2, 0.25) is 0 Å². The summed E-state index contributed by atoms with van der Waals surface area (Å²) >= 11 is 0. The topological polar surface area (TPSA) is 36.2 Å². The highest BCUT2D eigenvalue weighted by Crippen LogP contribution is 2.58. The summed E-state index contributed by atoms with van der Waals surface area (Å²) in [6.45, 7) is 2.24. The molecule has 29 heavy (non-hydrogen) atoms. The summed E-state index contributed by atoms with van der Waals surface area (Å²) in [5.74, 6) is 0. The van der Waals surface area contributed by atoms with Gasteiger partial charge in [0, 0.05) is 17.7 Å². The number of hydrogen-bond acceptors (Lipinski definition) is 1. The molecule has 0 aliphatic rings. The summed E-state index contributed by atoms with van der Waals surface area (Å²) in [6.07, 6.45) is 0. The molecule has 0 aromatic heterocycles. The molecule has 0 saturated heterocycles. The maximum Gasteiger partial charge on any atom is 0.127 e. The van der Waals surface area contributed by atoms with E-state index in [1.54, 1.807) is 0 Å². The monoisotopic (exact) mass is 414 g/mol. The Balaban J connectivity index is 2.06. The molecule has 0 radical (unpaired) electrons. The summed E-state index contributed by atoms with van der Waals surface area (Å²) in [6, 6.07) is 41.3. The van der Waals surface area contributed by atoms with Gasteiger partial charge in [0.05, 0.1) is 0 Å². The van der Waals surface area contributed by atoms with Crippen molar-refractivity contribution in [2.75, 3.05) is 6.66 Å². The normalized spacial score (nSPS) is 11.8. The van der Waals surface area contributed by atoms with E-state index in [0.717, 1.165) is 10.6 Å². The minimum absolute atomic E-state index is 0.990. The van der Waals surface area contributed by atoms with E-state index < -0.39 is 14.3 Å². The van der Waals surface area contributed by atoms with E-state index in [9.17, 15) is 5.16 Å². The Kier molecular flexibility index (Phi) is 5.67. The van der Waals surface area contributed by atoms with Crippen molar-refractivity contribution < 1.29 is 0 Å². The molecule has 0 saturated carbocycles. The van der Waals surface area contributed by atoms with Crippen LogP contribution in [0.1, 0.15) is 0 Å². The molecule has 0 fully saturated rings. The van der Waals surface area contributed by atoms with E-state index in [1.165, 1.54) is 10.6 Å². The van der Waals surface area contributed by atoms with Crippen LogP contribution in [0.25, 0.3) is 0 Å². The van der Waals surface area contributed by atoms with Gasteiger partial charge in [-0.3, -0.25) is 5.16 Å². The first kappa shape index (κ1) is 19.6. The molecule has 0 aliphatic carbocycles. The third kappa shape index (κ3) is 3.92. The van der Waals surface area contributed by atoms with Crippen molar-refractivity contribution >= 4 is 35.5 Å². The summed E-state index contributed by atoms with van der Waals surface area (Å²) in [4.78, 5) is 0. The molecule has 0 bridgehead atoms. The number of nitrogens with one attached hydrogen (secondary N) is 1. The second kappa shape index (κ2) is 8.37. The van der Waals surface area contributed by atoms with Gasteiger partial charge in [-0.1, -0.05) is 121 Å². The van der Waals surface area contributed by atoms with Gasteiger partial charge in [0.1, 0.15) is 7.21 Å². The maximum absolute atomic E-state index is 9.73. The zero-order valence-electron chi connectivity index (χ0n) is 16.4. The molecule has 4 aromatic carbocycles. The van der Waals surface area contributed by atoms with Crippen LogP contribution in [0.15, 0.2) is 126 Å². The first-order valence-electron chi connectivity index (χ1n) is 9.61. The highest BCUT2D eigenvalue weighted by atomic mass is 31.2. The lowest BCUT2D eigenvalue weighted by Gasteiger charge is -2.28. The summed E-state index contributed by atoms with van der Waals surface area (Å²) in [7, 11) is -4.84. The highest BCUT2D eigenvalue weighted by molar-refractivity contribution is 7.89. The van der Waals surface area contributed by atoms with Gasteiger partial charge in [-0.25, -0.2) is 4.52 Å². The fraction of sp³-hybridized carbons (Fsp3) is 0.0400. The lowest BCUT2D eigenvalue weighted by molar-refractivity contribution is 1.56. The Bertz CT molecular complexity index is 1090. The first-order valence-corrected chi connectivity index (χ1v) is 13.5. The average molecular weight is 414 g/mol. The van der Waals surface area contributed by atoms with Crippen LogP contribution in [0.2, 0.25) is 0 Å². The molecule has 4 heteroatoms. The van der Waals surface area contributed by atoms with Crippen molar-refractivity contribution in [2.24, 2.45) is 4.52 Å². The van der Waals surface area contributed by atoms with Crippen LogP contribution in [-0.2, 0) is 0 Å². The summed E-state index contributed by atoms with van der Waals surface area (Å²) in [5.41, 5.74) is 0. The van der Waals surface area contributed by atoms with E-state index in [-0.39, 0.29) is 0 Å². The Morgan fingerprint density at radius 1 is 0.483 bits per heavy atom. The number of hydrogen-bond donors (Lipinski definition) is 1. The standard InChI is InChI=1S/C25H24N2P2/c1-28(22-14-6-2-7-15-22,23-16-8-3-9-17-23)27-29(26,24-18-10-4-11-19-24)25-20-12-5-13-21-25/h2-21,26H,1H3. The van der Waals surface area contributed by atoms with Gasteiger partial charge in [-0.2, -0.15) is 0 Å². The molecular formula is C25H24N2P2. The molecule has 4 rings (SSSR count). The predicted molar refractivity (Wildman–Crippen MR) is 129 cm³/mol. The lowest BCUT2D eigenvalue weighted by atomic mass is 10.4. The van der Waals surface area contributed by atoms with Crippen molar-refractivity contribution in [3.63, 3.8) is 0 Å². The Morgan fingerprint density at radius 3 is 1.07 bits per heavy atom. The van der Waals surface area contributed by atoms with E-state index in [0.29, 0.717) is 0 Å². The Morgan fingerprint density at radius 2 is 0.759 bits per heavy atom. The molecule has 4 aromatic rings. The molecule has 0 unspecified atom stereocenters. The minimum atomic E-state index is -2.70. The van der Waals surface area contributed by atoms with Crippen LogP contribution in [0.3, 0.4) is 0 Å². The zero-order chi connectivity index (χ0) is 20.2. The lowest BCUT2D eigenvalue weighted by Crippen LogP contribution is -2.19. The number of rotatable bonds is 5. The smallest absolute Gasteiger partial charge is 0.127 e. The molecule has 144 valence electrons. The summed E-state index contributed by atoms with van der Waals surface area (Å²) < 4.78 is 5.51. The van der Waals surface area contributed by atoms with Crippen molar-refractivity contribution in [1.29, 1.82) is 5.16 Å². The highest BCUT2D eigenvalue weighted by Gasteiger charge is 2.27. The molecule has 0 aliphatic heterocycles. The van der Waals surface area contributed by atoms with Crippen molar-refractivity contribution in [2.45, 2.75) is 0 Å². The van der Waals surface area contributed by atoms with Gasteiger partial charge in [-0.05, 0) is 17.3 Å². The van der Waals surface area contributed by atoms with E-state index in [1.807, 2.05) is 48.5 Å². The van der Waals surface area contributed by atoms with Crippen LogP contribution in [0.4, 0.5) is 0 Å². The Hall–Kier alpha value is -2.66. The van der Waals surface area contributed by atoms with Crippen LogP contribution < -0.4 is 21.2 Å². The van der Waals surface area contributed by atoms with E-state index in [2.05, 4.69) is 79.5 Å². The molecule has 2 nitrogen and oxygen atoms in total. The third-order valence-corrected chi connectivity index (χ3v) is 12.3. The third-order valence-electron chi connectivity index (χ3n) is 5.09. The predicted octanol–water partition coefficient (Wildman–Crippen LogP) is 5.81. The number of nitrogens with zero attached hydrogens (tertiary/aromatic N) is 1. The molecule has 0 heterocycles. The first-order chi connectivity index (χ1) is 14.1. The second-order valence-electron chi connectivity index (χ2n) is 7.03. The van der Waals surface area contributed by atoms with Gasteiger partial charge >= 0.3 is 0 Å². The molecule has 0 atom stereocenters.